The first-order valence-electron chi connectivity index (χ1n) is 5.85. The first-order chi connectivity index (χ1) is 6.63. The van der Waals surface area contributed by atoms with E-state index in [1.807, 2.05) is 0 Å². The molecule has 14 heavy (non-hydrogen) atoms. The molecule has 0 saturated carbocycles. The average molecular weight is 199 g/mol. The predicted molar refractivity (Wildman–Crippen MR) is 61.5 cm³/mol. The summed E-state index contributed by atoms with van der Waals surface area (Å²) >= 11 is 0. The van der Waals surface area contributed by atoms with Crippen LogP contribution >= 0.6 is 0 Å². The van der Waals surface area contributed by atoms with Crippen LogP contribution in [0.2, 0.25) is 0 Å². The van der Waals surface area contributed by atoms with Crippen LogP contribution in [0.15, 0.2) is 0 Å². The minimum atomic E-state index is 0.299. The van der Waals surface area contributed by atoms with Crippen LogP contribution < -0.4 is 0 Å². The van der Waals surface area contributed by atoms with Crippen LogP contribution in [0.25, 0.3) is 0 Å². The van der Waals surface area contributed by atoms with Gasteiger partial charge in [0, 0.05) is 19.5 Å². The second-order valence-electron chi connectivity index (χ2n) is 4.03. The maximum Gasteiger partial charge on any atom is 0.131 e. The first kappa shape index (κ1) is 13.6. The molecule has 0 aliphatic heterocycles. The third-order valence-electron chi connectivity index (χ3n) is 2.90. The van der Waals surface area contributed by atoms with Gasteiger partial charge in [0.25, 0.3) is 0 Å². The van der Waals surface area contributed by atoms with Crippen LogP contribution in [0.4, 0.5) is 0 Å². The highest BCUT2D eigenvalue weighted by molar-refractivity contribution is 5.75. The fourth-order valence-corrected chi connectivity index (χ4v) is 1.61. The van der Waals surface area contributed by atoms with Crippen molar-refractivity contribution in [2.24, 2.45) is 5.92 Å². The van der Waals surface area contributed by atoms with Gasteiger partial charge in [0.05, 0.1) is 0 Å². The maximum absolute atomic E-state index is 10.9. The molecule has 0 unspecified atom stereocenters. The van der Waals surface area contributed by atoms with Gasteiger partial charge in [-0.1, -0.05) is 33.6 Å². The number of carbonyl (C=O) groups excluding carboxylic acids is 1. The van der Waals surface area contributed by atoms with E-state index >= 15 is 0 Å². The van der Waals surface area contributed by atoms with E-state index in [4.69, 9.17) is 0 Å². The summed E-state index contributed by atoms with van der Waals surface area (Å²) in [5.74, 6) is 1.09. The summed E-state index contributed by atoms with van der Waals surface area (Å²) in [7, 11) is 0. The van der Waals surface area contributed by atoms with Crippen LogP contribution in [0.5, 0.6) is 0 Å². The molecule has 0 bridgehead atoms. The maximum atomic E-state index is 10.9. The van der Waals surface area contributed by atoms with Crippen LogP contribution in [0.1, 0.15) is 47.0 Å². The van der Waals surface area contributed by atoms with Crippen molar-refractivity contribution in [3.8, 4) is 0 Å². The average Bonchev–Trinajstić information content (AvgIpc) is 2.18. The van der Waals surface area contributed by atoms with Crippen molar-refractivity contribution in [1.29, 1.82) is 0 Å². The van der Waals surface area contributed by atoms with Gasteiger partial charge in [-0.3, -0.25) is 4.79 Å². The molecule has 0 saturated heterocycles. The molecule has 0 heterocycles. The Morgan fingerprint density at radius 1 is 1.21 bits per heavy atom. The van der Waals surface area contributed by atoms with Gasteiger partial charge in [0.15, 0.2) is 0 Å². The van der Waals surface area contributed by atoms with E-state index in [1.165, 1.54) is 12.8 Å². The number of carbonyl (C=O) groups is 1. The lowest BCUT2D eigenvalue weighted by atomic mass is 10.0. The van der Waals surface area contributed by atoms with Crippen molar-refractivity contribution in [3.05, 3.63) is 0 Å². The van der Waals surface area contributed by atoms with E-state index in [9.17, 15) is 4.79 Å². The van der Waals surface area contributed by atoms with Crippen molar-refractivity contribution in [3.63, 3.8) is 0 Å². The van der Waals surface area contributed by atoms with E-state index in [2.05, 4.69) is 25.7 Å². The van der Waals surface area contributed by atoms with Gasteiger partial charge in [0.1, 0.15) is 5.78 Å². The number of Topliss-reactive ketones (excluding diaryl/α,β-unsaturated/α-hetero) is 1. The van der Waals surface area contributed by atoms with Gasteiger partial charge in [-0.2, -0.15) is 0 Å². The minimum absolute atomic E-state index is 0.299. The molecule has 2 heteroatoms. The lowest BCUT2D eigenvalue weighted by Crippen LogP contribution is -2.30. The molecule has 0 aliphatic rings. The summed E-state index contributed by atoms with van der Waals surface area (Å²) in [5.41, 5.74) is 0. The van der Waals surface area contributed by atoms with E-state index in [0.717, 1.165) is 25.6 Å². The summed E-state index contributed by atoms with van der Waals surface area (Å²) in [5, 5.41) is 0. The molecule has 0 aromatic rings. The van der Waals surface area contributed by atoms with Gasteiger partial charge in [-0.25, -0.2) is 0 Å². The number of ketones is 1. The Morgan fingerprint density at radius 3 is 2.14 bits per heavy atom. The lowest BCUT2D eigenvalue weighted by molar-refractivity contribution is -0.117. The Labute approximate surface area is 88.7 Å². The second kappa shape index (κ2) is 7.98. The lowest BCUT2D eigenvalue weighted by Gasteiger charge is -2.24. The van der Waals surface area contributed by atoms with Gasteiger partial charge < -0.3 is 4.90 Å². The molecule has 2 nitrogen and oxygen atoms in total. The second-order valence-corrected chi connectivity index (χ2v) is 4.03. The fourth-order valence-electron chi connectivity index (χ4n) is 1.61. The Hall–Kier alpha value is -0.370. The fraction of sp³-hybridized carbons (Fsp3) is 0.917. The zero-order chi connectivity index (χ0) is 11.0. The van der Waals surface area contributed by atoms with Gasteiger partial charge in [-0.05, 0) is 19.4 Å². The number of hydrogen-bond acceptors (Lipinski definition) is 2. The molecule has 0 radical (unpaired) electrons. The quantitative estimate of drug-likeness (QED) is 0.599. The smallest absolute Gasteiger partial charge is 0.131 e. The molecular weight excluding hydrogens is 174 g/mol. The zero-order valence-electron chi connectivity index (χ0n) is 10.2. The van der Waals surface area contributed by atoms with E-state index in [0.29, 0.717) is 12.2 Å². The van der Waals surface area contributed by atoms with Crippen molar-refractivity contribution in [2.45, 2.75) is 47.0 Å². The molecule has 0 atom stereocenters. The highest BCUT2D eigenvalue weighted by Crippen LogP contribution is 2.09. The van der Waals surface area contributed by atoms with Crippen molar-refractivity contribution < 1.29 is 4.79 Å². The molecule has 0 rings (SSSR count). The summed E-state index contributed by atoms with van der Waals surface area (Å²) < 4.78 is 0. The van der Waals surface area contributed by atoms with Crippen molar-refractivity contribution in [2.75, 3.05) is 19.6 Å². The molecule has 0 aromatic carbocycles. The zero-order valence-corrected chi connectivity index (χ0v) is 10.2. The van der Waals surface area contributed by atoms with Gasteiger partial charge in [0.2, 0.25) is 0 Å². The van der Waals surface area contributed by atoms with Crippen LogP contribution in [-0.4, -0.2) is 30.3 Å². The van der Waals surface area contributed by atoms with Crippen LogP contribution in [0, 0.1) is 5.92 Å². The first-order valence-corrected chi connectivity index (χ1v) is 5.85. The highest BCUT2D eigenvalue weighted by atomic mass is 16.1. The van der Waals surface area contributed by atoms with Crippen LogP contribution in [0.3, 0.4) is 0 Å². The van der Waals surface area contributed by atoms with Gasteiger partial charge >= 0.3 is 0 Å². The van der Waals surface area contributed by atoms with E-state index < -0.39 is 0 Å². The molecule has 84 valence electrons. The largest absolute Gasteiger partial charge is 0.303 e. The molecule has 0 aromatic heterocycles. The number of hydrogen-bond donors (Lipinski definition) is 0. The number of rotatable bonds is 8. The minimum Gasteiger partial charge on any atom is -0.303 e. The highest BCUT2D eigenvalue weighted by Gasteiger charge is 2.09. The Balaban J connectivity index is 3.82. The molecule has 0 aliphatic carbocycles. The predicted octanol–water partition coefficient (Wildman–Crippen LogP) is 2.72. The summed E-state index contributed by atoms with van der Waals surface area (Å²) in [6.07, 6.45) is 3.19. The topological polar surface area (TPSA) is 20.3 Å². The summed E-state index contributed by atoms with van der Waals surface area (Å²) in [6.45, 7) is 11.5. The van der Waals surface area contributed by atoms with Gasteiger partial charge in [-0.15, -0.1) is 0 Å². The van der Waals surface area contributed by atoms with Crippen molar-refractivity contribution in [1.82, 2.24) is 4.90 Å². The Kier molecular flexibility index (Phi) is 7.77. The standard InChI is InChI=1S/C12H25NO/c1-5-12(6-2)10-13(7-3)9-8-11(4)14/h12H,5-10H2,1-4H3. The number of nitrogens with zero attached hydrogens (tertiary/aromatic N) is 1. The van der Waals surface area contributed by atoms with Crippen molar-refractivity contribution >= 4 is 5.78 Å². The third-order valence-corrected chi connectivity index (χ3v) is 2.90. The normalized spacial score (nSPS) is 11.3. The SMILES string of the molecule is CCC(CC)CN(CC)CCC(C)=O. The molecule has 0 spiro atoms. The molecule has 0 amide bonds. The molecule has 0 N–H and O–H groups in total. The Morgan fingerprint density at radius 2 is 1.79 bits per heavy atom. The Bertz CT molecular complexity index is 152. The monoisotopic (exact) mass is 199 g/mol. The van der Waals surface area contributed by atoms with E-state index in [1.54, 1.807) is 6.92 Å². The third kappa shape index (κ3) is 6.14. The summed E-state index contributed by atoms with van der Waals surface area (Å²) in [4.78, 5) is 13.3. The summed E-state index contributed by atoms with van der Waals surface area (Å²) in [6, 6.07) is 0. The van der Waals surface area contributed by atoms with E-state index in [-0.39, 0.29) is 0 Å². The molecular formula is C12H25NO. The molecule has 0 fully saturated rings. The van der Waals surface area contributed by atoms with Crippen LogP contribution in [-0.2, 0) is 4.79 Å².